The van der Waals surface area contributed by atoms with Crippen LogP contribution in [0.3, 0.4) is 0 Å². The third-order valence-corrected chi connectivity index (χ3v) is 3.45. The molecule has 0 saturated carbocycles. The van der Waals surface area contributed by atoms with Crippen molar-refractivity contribution in [2.24, 2.45) is 0 Å². The van der Waals surface area contributed by atoms with Crippen molar-refractivity contribution in [3.63, 3.8) is 0 Å². The fourth-order valence-electron chi connectivity index (χ4n) is 2.21. The zero-order valence-corrected chi connectivity index (χ0v) is 12.3. The van der Waals surface area contributed by atoms with Crippen LogP contribution >= 0.6 is 0 Å². The topological polar surface area (TPSA) is 80.5 Å². The minimum Gasteiger partial charge on any atom is -0.476 e. The fourth-order valence-corrected chi connectivity index (χ4v) is 2.21. The predicted octanol–water partition coefficient (Wildman–Crippen LogP) is 1.17. The highest BCUT2D eigenvalue weighted by Crippen LogP contribution is 2.28. The van der Waals surface area contributed by atoms with Gasteiger partial charge in [-0.05, 0) is 32.4 Å². The van der Waals surface area contributed by atoms with E-state index in [1.165, 1.54) is 0 Å². The quantitative estimate of drug-likeness (QED) is 0.864. The lowest BCUT2D eigenvalue weighted by molar-refractivity contribution is -0.126. The standard InChI is InChI=1S/C14H22N4O2/c1-4-9-20-12-10(15)5-6-11(17-12)18-8-7-16-13(19)14(18,2)3/h5-6H,4,7-9,15H2,1-3H3,(H,16,19). The molecule has 0 radical (unpaired) electrons. The second-order valence-electron chi connectivity index (χ2n) is 5.38. The molecule has 1 saturated heterocycles. The van der Waals surface area contributed by atoms with E-state index in [4.69, 9.17) is 10.5 Å². The Hall–Kier alpha value is -1.98. The third-order valence-electron chi connectivity index (χ3n) is 3.45. The molecule has 0 unspecified atom stereocenters. The average Bonchev–Trinajstić information content (AvgIpc) is 2.41. The number of pyridine rings is 1. The molecule has 1 fully saturated rings. The first-order valence-corrected chi connectivity index (χ1v) is 6.92. The molecule has 1 aliphatic rings. The van der Waals surface area contributed by atoms with Gasteiger partial charge in [0.1, 0.15) is 11.4 Å². The van der Waals surface area contributed by atoms with E-state index >= 15 is 0 Å². The molecule has 1 aromatic heterocycles. The molecule has 6 nitrogen and oxygen atoms in total. The molecule has 3 N–H and O–H groups in total. The summed E-state index contributed by atoms with van der Waals surface area (Å²) in [6.45, 7) is 7.68. The number of carbonyl (C=O) groups excluding carboxylic acids is 1. The van der Waals surface area contributed by atoms with E-state index in [2.05, 4.69) is 10.3 Å². The number of hydrogen-bond donors (Lipinski definition) is 2. The number of nitrogen functional groups attached to an aromatic ring is 1. The number of nitrogens with zero attached hydrogens (tertiary/aromatic N) is 2. The molecule has 110 valence electrons. The first-order valence-electron chi connectivity index (χ1n) is 6.92. The molecule has 6 heteroatoms. The van der Waals surface area contributed by atoms with Crippen LogP contribution in [-0.2, 0) is 4.79 Å². The number of piperazine rings is 1. The van der Waals surface area contributed by atoms with Crippen molar-refractivity contribution in [1.82, 2.24) is 10.3 Å². The van der Waals surface area contributed by atoms with Crippen LogP contribution in [0.5, 0.6) is 5.88 Å². The third kappa shape index (κ3) is 2.64. The van der Waals surface area contributed by atoms with Gasteiger partial charge in [0.15, 0.2) is 0 Å². The van der Waals surface area contributed by atoms with Crippen LogP contribution in [-0.4, -0.2) is 36.1 Å². The number of carbonyl (C=O) groups is 1. The first kappa shape index (κ1) is 14.4. The molecular weight excluding hydrogens is 256 g/mol. The minimum absolute atomic E-state index is 0.00148. The van der Waals surface area contributed by atoms with E-state index in [1.54, 1.807) is 6.07 Å². The largest absolute Gasteiger partial charge is 0.476 e. The Kier molecular flexibility index (Phi) is 4.01. The maximum Gasteiger partial charge on any atom is 0.245 e. The van der Waals surface area contributed by atoms with Crippen LogP contribution in [0.1, 0.15) is 27.2 Å². The minimum atomic E-state index is -0.636. The predicted molar refractivity (Wildman–Crippen MR) is 78.9 cm³/mol. The second kappa shape index (κ2) is 5.56. The molecular formula is C14H22N4O2. The van der Waals surface area contributed by atoms with Crippen LogP contribution in [0.15, 0.2) is 12.1 Å². The van der Waals surface area contributed by atoms with Crippen molar-refractivity contribution in [1.29, 1.82) is 0 Å². The number of aromatic nitrogens is 1. The molecule has 0 spiro atoms. The lowest BCUT2D eigenvalue weighted by Gasteiger charge is -2.42. The van der Waals surface area contributed by atoms with Gasteiger partial charge in [-0.1, -0.05) is 6.92 Å². The average molecular weight is 278 g/mol. The van der Waals surface area contributed by atoms with Crippen LogP contribution in [0.25, 0.3) is 0 Å². The van der Waals surface area contributed by atoms with Gasteiger partial charge in [0, 0.05) is 13.1 Å². The Morgan fingerprint density at radius 3 is 2.95 bits per heavy atom. The summed E-state index contributed by atoms with van der Waals surface area (Å²) in [4.78, 5) is 18.4. The maximum absolute atomic E-state index is 12.0. The molecule has 0 aliphatic carbocycles. The van der Waals surface area contributed by atoms with Crippen molar-refractivity contribution >= 4 is 17.4 Å². The van der Waals surface area contributed by atoms with Gasteiger partial charge in [-0.2, -0.15) is 4.98 Å². The summed E-state index contributed by atoms with van der Waals surface area (Å²) in [5, 5.41) is 2.87. The molecule has 2 rings (SSSR count). The summed E-state index contributed by atoms with van der Waals surface area (Å²) in [5.41, 5.74) is 5.75. The number of rotatable bonds is 4. The normalized spacial score (nSPS) is 17.8. The van der Waals surface area contributed by atoms with E-state index in [-0.39, 0.29) is 5.91 Å². The van der Waals surface area contributed by atoms with Crippen molar-refractivity contribution < 1.29 is 9.53 Å². The van der Waals surface area contributed by atoms with E-state index < -0.39 is 5.54 Å². The van der Waals surface area contributed by atoms with E-state index in [0.717, 1.165) is 6.42 Å². The van der Waals surface area contributed by atoms with Gasteiger partial charge >= 0.3 is 0 Å². The van der Waals surface area contributed by atoms with Gasteiger partial charge < -0.3 is 20.7 Å². The number of anilines is 2. The SMILES string of the molecule is CCCOc1nc(N2CCNC(=O)C2(C)C)ccc1N. The highest BCUT2D eigenvalue weighted by Gasteiger charge is 2.38. The Bertz CT molecular complexity index is 502. The van der Waals surface area contributed by atoms with Gasteiger partial charge in [-0.25, -0.2) is 0 Å². The van der Waals surface area contributed by atoms with Gasteiger partial charge in [0.25, 0.3) is 0 Å². The van der Waals surface area contributed by atoms with Crippen molar-refractivity contribution in [3.8, 4) is 5.88 Å². The van der Waals surface area contributed by atoms with Gasteiger partial charge in [0.2, 0.25) is 11.8 Å². The highest BCUT2D eigenvalue weighted by molar-refractivity contribution is 5.90. The highest BCUT2D eigenvalue weighted by atomic mass is 16.5. The van der Waals surface area contributed by atoms with E-state index in [1.807, 2.05) is 31.7 Å². The van der Waals surface area contributed by atoms with Gasteiger partial charge in [-0.3, -0.25) is 4.79 Å². The number of hydrogen-bond acceptors (Lipinski definition) is 5. The number of nitrogens with two attached hydrogens (primary N) is 1. The fraction of sp³-hybridized carbons (Fsp3) is 0.571. The summed E-state index contributed by atoms with van der Waals surface area (Å²) in [7, 11) is 0. The first-order chi connectivity index (χ1) is 9.46. The lowest BCUT2D eigenvalue weighted by atomic mass is 9.99. The van der Waals surface area contributed by atoms with Crippen molar-refractivity contribution in [2.75, 3.05) is 30.3 Å². The van der Waals surface area contributed by atoms with Crippen LogP contribution in [0, 0.1) is 0 Å². The molecule has 0 aromatic carbocycles. The van der Waals surface area contributed by atoms with Gasteiger partial charge in [-0.15, -0.1) is 0 Å². The van der Waals surface area contributed by atoms with Crippen molar-refractivity contribution in [3.05, 3.63) is 12.1 Å². The lowest BCUT2D eigenvalue weighted by Crippen LogP contribution is -2.62. The smallest absolute Gasteiger partial charge is 0.245 e. The Morgan fingerprint density at radius 1 is 1.50 bits per heavy atom. The molecule has 20 heavy (non-hydrogen) atoms. The zero-order chi connectivity index (χ0) is 14.8. The maximum atomic E-state index is 12.0. The zero-order valence-electron chi connectivity index (χ0n) is 12.3. The number of ether oxygens (including phenoxy) is 1. The molecule has 1 aromatic rings. The summed E-state index contributed by atoms with van der Waals surface area (Å²) in [6.07, 6.45) is 0.892. The Morgan fingerprint density at radius 2 is 2.25 bits per heavy atom. The molecule has 1 amide bonds. The van der Waals surface area contributed by atoms with Crippen LogP contribution in [0.4, 0.5) is 11.5 Å². The molecule has 2 heterocycles. The number of nitrogens with one attached hydrogen (secondary N) is 1. The summed E-state index contributed by atoms with van der Waals surface area (Å²) >= 11 is 0. The number of amides is 1. The van der Waals surface area contributed by atoms with Gasteiger partial charge in [0.05, 0.1) is 12.3 Å². The molecule has 0 atom stereocenters. The Balaban J connectivity index is 2.30. The molecule has 0 bridgehead atoms. The van der Waals surface area contributed by atoms with Crippen molar-refractivity contribution in [2.45, 2.75) is 32.7 Å². The Labute approximate surface area is 119 Å². The van der Waals surface area contributed by atoms with Crippen LogP contribution < -0.4 is 20.7 Å². The summed E-state index contributed by atoms with van der Waals surface area (Å²) < 4.78 is 5.55. The van der Waals surface area contributed by atoms with E-state index in [0.29, 0.717) is 37.1 Å². The van der Waals surface area contributed by atoms with E-state index in [9.17, 15) is 4.79 Å². The summed E-state index contributed by atoms with van der Waals surface area (Å²) in [6, 6.07) is 3.60. The second-order valence-corrected chi connectivity index (χ2v) is 5.38. The monoisotopic (exact) mass is 278 g/mol. The van der Waals surface area contributed by atoms with Crippen LogP contribution in [0.2, 0.25) is 0 Å². The summed E-state index contributed by atoms with van der Waals surface area (Å²) in [5.74, 6) is 1.15. The molecule has 1 aliphatic heterocycles.